The largest absolute Gasteiger partial charge is 0.379 e. The van der Waals surface area contributed by atoms with Gasteiger partial charge in [-0.05, 0) is 77.0 Å². The molecule has 0 amide bonds. The molecule has 0 saturated carbocycles. The summed E-state index contributed by atoms with van der Waals surface area (Å²) in [5.74, 6) is 0. The van der Waals surface area contributed by atoms with Crippen LogP contribution in [0.25, 0.3) is 0 Å². The van der Waals surface area contributed by atoms with Gasteiger partial charge in [-0.3, -0.25) is 0 Å². The molecule has 0 rings (SSSR count). The van der Waals surface area contributed by atoms with E-state index in [0.29, 0.717) is 238 Å². The summed E-state index contributed by atoms with van der Waals surface area (Å²) in [5.41, 5.74) is -1.90. The topological polar surface area (TPSA) is 194 Å². The normalized spacial score (nSPS) is 12.7. The van der Waals surface area contributed by atoms with E-state index in [9.17, 15) is 0 Å². The molecule has 0 spiro atoms. The van der Waals surface area contributed by atoms with Crippen molar-refractivity contribution >= 4 is 0 Å². The Balaban J connectivity index is 7.51. The van der Waals surface area contributed by atoms with Gasteiger partial charge in [-0.15, -0.1) is 0 Å². The number of hydrogen-bond acceptors (Lipinski definition) is 21. The van der Waals surface area contributed by atoms with Gasteiger partial charge in [0.25, 0.3) is 0 Å². The van der Waals surface area contributed by atoms with Crippen molar-refractivity contribution in [1.29, 1.82) is 0 Å². The minimum absolute atomic E-state index is 0.189. The molecule has 0 fully saturated rings. The van der Waals surface area contributed by atoms with Crippen LogP contribution in [0.1, 0.15) is 160 Å². The third kappa shape index (κ3) is 51.1. The van der Waals surface area contributed by atoms with Crippen LogP contribution in [0.15, 0.2) is 0 Å². The zero-order valence-electron chi connectivity index (χ0n) is 60.5. The summed E-state index contributed by atoms with van der Waals surface area (Å²) >= 11 is 0. The van der Waals surface area contributed by atoms with Crippen LogP contribution in [0, 0.1) is 21.7 Å². The van der Waals surface area contributed by atoms with E-state index in [2.05, 4.69) is 83.1 Å². The van der Waals surface area contributed by atoms with Crippen LogP contribution in [0.5, 0.6) is 0 Å². The lowest BCUT2D eigenvalue weighted by molar-refractivity contribution is -0.164. The molecule has 0 unspecified atom stereocenters. The van der Waals surface area contributed by atoms with Crippen molar-refractivity contribution in [3.8, 4) is 0 Å². The predicted molar refractivity (Wildman–Crippen MR) is 358 cm³/mol. The molecule has 0 aliphatic carbocycles. The number of hydrogen-bond donors (Lipinski definition) is 0. The van der Waals surface area contributed by atoms with Gasteiger partial charge in [-0.25, -0.2) is 0 Å². The lowest BCUT2D eigenvalue weighted by Crippen LogP contribution is -2.43. The Bertz CT molecular complexity index is 1170. The van der Waals surface area contributed by atoms with Crippen LogP contribution in [-0.4, -0.2) is 276 Å². The van der Waals surface area contributed by atoms with Crippen molar-refractivity contribution in [2.75, 3.05) is 264 Å². The van der Waals surface area contributed by atoms with Crippen molar-refractivity contribution in [3.05, 3.63) is 0 Å². The van der Waals surface area contributed by atoms with Gasteiger partial charge in [0.05, 0.1) is 211 Å². The maximum atomic E-state index is 7.25. The number of rotatable bonds is 78. The average Bonchev–Trinajstić information content (AvgIpc) is 3.77. The van der Waals surface area contributed by atoms with Gasteiger partial charge < -0.3 is 99.5 Å². The van der Waals surface area contributed by atoms with Crippen molar-refractivity contribution in [2.45, 2.75) is 172 Å². The standard InChI is InChI=1S/C70H142O21/c1-13-25-71-33-41-79-53-67(21-9,54-80-42-34-72-26-14-2)61-87-49-65(50-88-62-68(22-10,55-81-43-35-73-27-15-3)56-82-44-36-74-28-16-4)91-66(51-89-63-69(23-11,57-83-45-37-75-29-17-5)58-84-46-38-76-30-18-6)52-90-64-70(24-12,59-85-47-39-77-31-19-7)60-86-48-40-78-32-20-8/h65-66H,13-64H2,1-12H3. The average molecular weight is 1320 g/mol. The molecule has 0 aliphatic heterocycles. The highest BCUT2D eigenvalue weighted by Crippen LogP contribution is 2.29. The fraction of sp³-hybridized carbons (Fsp3) is 1.00. The van der Waals surface area contributed by atoms with E-state index in [0.717, 1.165) is 77.0 Å². The Labute approximate surface area is 555 Å². The van der Waals surface area contributed by atoms with E-state index in [4.69, 9.17) is 99.5 Å². The first-order chi connectivity index (χ1) is 44.6. The van der Waals surface area contributed by atoms with Crippen molar-refractivity contribution in [2.24, 2.45) is 21.7 Å². The SMILES string of the molecule is CCCOCCOCC(CC)(COCCOCCC)COCC(COCC(CC)(COCCOCCC)COCCOCCC)OC(COCC(CC)(COCCOCCC)COCCOCCC)COCC(CC)(COCCOCCC)COCCOCCC. The van der Waals surface area contributed by atoms with Crippen LogP contribution in [0.3, 0.4) is 0 Å². The second kappa shape index (κ2) is 66.4. The van der Waals surface area contributed by atoms with E-state index in [1.165, 1.54) is 0 Å². The molecule has 0 atom stereocenters. The summed E-state index contributed by atoms with van der Waals surface area (Å²) < 4.78 is 132. The van der Waals surface area contributed by atoms with Gasteiger partial charge in [-0.1, -0.05) is 83.1 Å². The van der Waals surface area contributed by atoms with Gasteiger partial charge in [0, 0.05) is 74.5 Å². The summed E-state index contributed by atoms with van der Waals surface area (Å²) in [6.45, 7) is 44.1. The lowest BCUT2D eigenvalue weighted by atomic mass is 9.88. The first-order valence-electron chi connectivity index (χ1n) is 35.8. The molecule has 548 valence electrons. The molecule has 0 aromatic heterocycles. The Kier molecular flexibility index (Phi) is 65.8. The van der Waals surface area contributed by atoms with Gasteiger partial charge in [-0.2, -0.15) is 0 Å². The zero-order valence-corrected chi connectivity index (χ0v) is 60.5. The highest BCUT2D eigenvalue weighted by Gasteiger charge is 2.36. The van der Waals surface area contributed by atoms with Gasteiger partial charge in [0.15, 0.2) is 0 Å². The summed E-state index contributed by atoms with van der Waals surface area (Å²) in [7, 11) is 0. The van der Waals surface area contributed by atoms with E-state index < -0.39 is 33.9 Å². The lowest BCUT2D eigenvalue weighted by Gasteiger charge is -2.35. The van der Waals surface area contributed by atoms with Crippen LogP contribution in [0.2, 0.25) is 0 Å². The minimum Gasteiger partial charge on any atom is -0.379 e. The highest BCUT2D eigenvalue weighted by molar-refractivity contribution is 4.82. The molecule has 0 bridgehead atoms. The van der Waals surface area contributed by atoms with E-state index in [-0.39, 0.29) is 26.4 Å². The predicted octanol–water partition coefficient (Wildman–Crippen LogP) is 10.9. The fourth-order valence-corrected chi connectivity index (χ4v) is 9.10. The summed E-state index contributed by atoms with van der Waals surface area (Å²) in [6, 6.07) is 0. The monoisotopic (exact) mass is 1320 g/mol. The molecule has 0 aromatic rings. The zero-order chi connectivity index (χ0) is 66.8. The van der Waals surface area contributed by atoms with Gasteiger partial charge in [0.1, 0.15) is 12.2 Å². The third-order valence-corrected chi connectivity index (χ3v) is 15.3. The van der Waals surface area contributed by atoms with Crippen LogP contribution < -0.4 is 0 Å². The molecule has 0 aromatic carbocycles. The smallest absolute Gasteiger partial charge is 0.105 e. The van der Waals surface area contributed by atoms with Crippen LogP contribution in [0.4, 0.5) is 0 Å². The Morgan fingerprint density at radius 3 is 0.429 bits per heavy atom. The van der Waals surface area contributed by atoms with Crippen molar-refractivity contribution in [3.63, 3.8) is 0 Å². The summed E-state index contributed by atoms with van der Waals surface area (Å²) in [6.07, 6.45) is 9.35. The van der Waals surface area contributed by atoms with Crippen LogP contribution >= 0.6 is 0 Å². The quantitative estimate of drug-likeness (QED) is 0.0521. The van der Waals surface area contributed by atoms with E-state index >= 15 is 0 Å². The Morgan fingerprint density at radius 1 is 0.165 bits per heavy atom. The first kappa shape index (κ1) is 90.2. The third-order valence-electron chi connectivity index (χ3n) is 15.3. The Hall–Kier alpha value is -0.840. The minimum atomic E-state index is -0.581. The van der Waals surface area contributed by atoms with E-state index in [1.54, 1.807) is 0 Å². The molecule has 0 radical (unpaired) electrons. The Morgan fingerprint density at radius 2 is 0.297 bits per heavy atom. The summed E-state index contributed by atoms with van der Waals surface area (Å²) in [5, 5.41) is 0. The highest BCUT2D eigenvalue weighted by atomic mass is 16.6. The number of ether oxygens (including phenoxy) is 21. The molecule has 0 saturated heterocycles. The molecule has 0 N–H and O–H groups in total. The molecule has 21 nitrogen and oxygen atoms in total. The molecule has 0 heterocycles. The summed E-state index contributed by atoms with van der Waals surface area (Å²) in [4.78, 5) is 0. The van der Waals surface area contributed by atoms with Crippen LogP contribution in [-0.2, 0) is 99.5 Å². The second-order valence-electron chi connectivity index (χ2n) is 24.2. The van der Waals surface area contributed by atoms with Gasteiger partial charge >= 0.3 is 0 Å². The first-order valence-corrected chi connectivity index (χ1v) is 35.8. The van der Waals surface area contributed by atoms with E-state index in [1.807, 2.05) is 0 Å². The van der Waals surface area contributed by atoms with Gasteiger partial charge in [0.2, 0.25) is 0 Å². The second-order valence-corrected chi connectivity index (χ2v) is 24.2. The van der Waals surface area contributed by atoms with Crippen molar-refractivity contribution < 1.29 is 99.5 Å². The molecule has 0 aliphatic rings. The fourth-order valence-electron chi connectivity index (χ4n) is 9.10. The molecule has 91 heavy (non-hydrogen) atoms. The molecule has 21 heteroatoms. The molecular weight excluding hydrogens is 1180 g/mol. The molecular formula is C70H142O21. The van der Waals surface area contributed by atoms with Crippen molar-refractivity contribution in [1.82, 2.24) is 0 Å². The maximum absolute atomic E-state index is 7.25. The maximum Gasteiger partial charge on any atom is 0.105 e.